The Hall–Kier alpha value is -2.64. The molecule has 7 rings (SSSR count). The first-order valence-electron chi connectivity index (χ1n) is 13.1. The third-order valence-corrected chi connectivity index (χ3v) is 9.19. The van der Waals surface area contributed by atoms with E-state index in [1.807, 2.05) is 24.3 Å². The molecule has 0 amide bonds. The van der Waals surface area contributed by atoms with Crippen LogP contribution in [0.25, 0.3) is 22.4 Å². The van der Waals surface area contributed by atoms with Gasteiger partial charge in [0.2, 0.25) is 5.88 Å². The molecule has 3 atom stereocenters. The second-order valence-corrected chi connectivity index (χ2v) is 10.9. The number of aromatic nitrogens is 4. The molecule has 1 saturated heterocycles. The molecule has 3 fully saturated rings. The molecule has 0 bridgehead atoms. The molecule has 1 aromatic carbocycles. The van der Waals surface area contributed by atoms with Crippen LogP contribution in [0.4, 0.5) is 0 Å². The number of ether oxygens (including phenoxy) is 3. The SMILES string of the molecule is C[C@@H]1[C@H]2CCc3c(OC4CCC4)nc(-c4ncnc5ccccc45)nc3[C@]2(C)CCC12OCCO2. The molecule has 0 N–H and O–H groups in total. The minimum Gasteiger partial charge on any atom is -0.474 e. The Morgan fingerprint density at radius 3 is 2.63 bits per heavy atom. The fourth-order valence-electron chi connectivity index (χ4n) is 6.94. The maximum Gasteiger partial charge on any atom is 0.220 e. The Morgan fingerprint density at radius 2 is 1.83 bits per heavy atom. The van der Waals surface area contributed by atoms with E-state index >= 15 is 0 Å². The van der Waals surface area contributed by atoms with Gasteiger partial charge < -0.3 is 14.2 Å². The number of nitrogens with zero attached hydrogens (tertiary/aromatic N) is 4. The lowest BCUT2D eigenvalue weighted by molar-refractivity contribution is -0.234. The van der Waals surface area contributed by atoms with E-state index in [0.29, 0.717) is 30.9 Å². The minimum absolute atomic E-state index is 0.0915. The fraction of sp³-hybridized carbons (Fsp3) is 0.571. The van der Waals surface area contributed by atoms with Gasteiger partial charge in [-0.05, 0) is 50.5 Å². The predicted molar refractivity (Wildman–Crippen MR) is 131 cm³/mol. The minimum atomic E-state index is -0.439. The van der Waals surface area contributed by atoms with Gasteiger partial charge in [0.05, 0.1) is 24.4 Å². The summed E-state index contributed by atoms with van der Waals surface area (Å²) in [6.45, 7) is 6.08. The zero-order chi connectivity index (χ0) is 23.6. The standard InChI is InChI=1S/C28H32N4O3/c1-17-21-11-10-20-24(27(21,2)12-13-28(17)33-14-15-34-28)31-25(32-26(20)35-18-6-5-7-18)23-19-8-3-4-9-22(19)29-16-30-23/h3-4,8-9,16-18,21H,5-7,10-15H2,1-2H3/t17-,21-,27-/m1/s1. The van der Waals surface area contributed by atoms with Gasteiger partial charge in [-0.2, -0.15) is 4.98 Å². The first-order valence-corrected chi connectivity index (χ1v) is 13.1. The maximum atomic E-state index is 6.52. The lowest BCUT2D eigenvalue weighted by Crippen LogP contribution is -2.55. The van der Waals surface area contributed by atoms with Crippen molar-refractivity contribution in [2.75, 3.05) is 13.2 Å². The number of hydrogen-bond acceptors (Lipinski definition) is 7. The Labute approximate surface area is 205 Å². The molecule has 3 heterocycles. The topological polar surface area (TPSA) is 79.3 Å². The fourth-order valence-corrected chi connectivity index (χ4v) is 6.94. The van der Waals surface area contributed by atoms with E-state index in [4.69, 9.17) is 24.2 Å². The van der Waals surface area contributed by atoms with Crippen LogP contribution in [-0.4, -0.2) is 45.0 Å². The van der Waals surface area contributed by atoms with Crippen LogP contribution in [0, 0.1) is 11.8 Å². The molecule has 2 saturated carbocycles. The summed E-state index contributed by atoms with van der Waals surface area (Å²) in [7, 11) is 0. The van der Waals surface area contributed by atoms with E-state index in [-0.39, 0.29) is 11.5 Å². The highest BCUT2D eigenvalue weighted by Gasteiger charge is 2.58. The summed E-state index contributed by atoms with van der Waals surface area (Å²) in [6, 6.07) is 8.06. The summed E-state index contributed by atoms with van der Waals surface area (Å²) < 4.78 is 19.0. The van der Waals surface area contributed by atoms with Crippen LogP contribution in [0.3, 0.4) is 0 Å². The van der Waals surface area contributed by atoms with Gasteiger partial charge >= 0.3 is 0 Å². The molecule has 3 aliphatic carbocycles. The van der Waals surface area contributed by atoms with Crippen LogP contribution in [0.15, 0.2) is 30.6 Å². The van der Waals surface area contributed by atoms with Crippen LogP contribution in [0.2, 0.25) is 0 Å². The predicted octanol–water partition coefficient (Wildman–Crippen LogP) is 5.01. The molecule has 7 nitrogen and oxygen atoms in total. The van der Waals surface area contributed by atoms with Crippen LogP contribution in [0.1, 0.15) is 63.6 Å². The average molecular weight is 473 g/mol. The molecule has 0 radical (unpaired) electrons. The number of hydrogen-bond donors (Lipinski definition) is 0. The molecule has 35 heavy (non-hydrogen) atoms. The highest BCUT2D eigenvalue weighted by atomic mass is 16.7. The van der Waals surface area contributed by atoms with Crippen molar-refractivity contribution in [2.45, 2.75) is 76.1 Å². The van der Waals surface area contributed by atoms with Gasteiger partial charge in [0.1, 0.15) is 18.1 Å². The van der Waals surface area contributed by atoms with Gasteiger partial charge in [-0.25, -0.2) is 15.0 Å². The van der Waals surface area contributed by atoms with E-state index in [1.165, 1.54) is 12.0 Å². The summed E-state index contributed by atoms with van der Waals surface area (Å²) in [5, 5.41) is 0.964. The summed E-state index contributed by atoms with van der Waals surface area (Å²) in [5.74, 6) is 1.68. The molecule has 0 unspecified atom stereocenters. The monoisotopic (exact) mass is 472 g/mol. The molecule has 7 heteroatoms. The molecule has 1 spiro atoms. The number of rotatable bonds is 3. The van der Waals surface area contributed by atoms with Gasteiger partial charge in [-0.3, -0.25) is 0 Å². The zero-order valence-electron chi connectivity index (χ0n) is 20.5. The largest absolute Gasteiger partial charge is 0.474 e. The van der Waals surface area contributed by atoms with Gasteiger partial charge in [-0.1, -0.05) is 32.0 Å². The quantitative estimate of drug-likeness (QED) is 0.530. The van der Waals surface area contributed by atoms with Gasteiger partial charge in [0, 0.05) is 28.7 Å². The molecular weight excluding hydrogens is 440 g/mol. The van der Waals surface area contributed by atoms with E-state index in [0.717, 1.165) is 66.7 Å². The van der Waals surface area contributed by atoms with Crippen LogP contribution in [-0.2, 0) is 21.3 Å². The van der Waals surface area contributed by atoms with Crippen LogP contribution < -0.4 is 4.74 Å². The highest BCUT2D eigenvalue weighted by Crippen LogP contribution is 2.57. The van der Waals surface area contributed by atoms with Crippen molar-refractivity contribution in [3.63, 3.8) is 0 Å². The number of benzene rings is 1. The Bertz CT molecular complexity index is 1280. The van der Waals surface area contributed by atoms with Crippen molar-refractivity contribution in [2.24, 2.45) is 11.8 Å². The third kappa shape index (κ3) is 3.24. The van der Waals surface area contributed by atoms with Gasteiger partial charge in [0.15, 0.2) is 11.6 Å². The smallest absolute Gasteiger partial charge is 0.220 e. The van der Waals surface area contributed by atoms with E-state index < -0.39 is 5.79 Å². The Kier molecular flexibility index (Phi) is 4.90. The normalized spacial score (nSPS) is 29.5. The highest BCUT2D eigenvalue weighted by molar-refractivity contribution is 5.90. The third-order valence-electron chi connectivity index (χ3n) is 9.19. The van der Waals surface area contributed by atoms with E-state index in [9.17, 15) is 0 Å². The number of para-hydroxylation sites is 1. The van der Waals surface area contributed by atoms with Crippen molar-refractivity contribution < 1.29 is 14.2 Å². The van der Waals surface area contributed by atoms with Crippen molar-refractivity contribution in [1.82, 2.24) is 19.9 Å². The molecular formula is C28H32N4O3. The summed E-state index contributed by atoms with van der Waals surface area (Å²) >= 11 is 0. The summed E-state index contributed by atoms with van der Waals surface area (Å²) in [6.07, 6.45) is 9.12. The van der Waals surface area contributed by atoms with Crippen molar-refractivity contribution >= 4 is 10.9 Å². The lowest BCUT2D eigenvalue weighted by atomic mass is 9.55. The Morgan fingerprint density at radius 1 is 1.00 bits per heavy atom. The first kappa shape index (κ1) is 21.6. The van der Waals surface area contributed by atoms with Crippen molar-refractivity contribution in [3.05, 3.63) is 41.9 Å². The van der Waals surface area contributed by atoms with Crippen LogP contribution in [0.5, 0.6) is 5.88 Å². The zero-order valence-corrected chi connectivity index (χ0v) is 20.5. The van der Waals surface area contributed by atoms with Gasteiger partial charge in [-0.15, -0.1) is 0 Å². The summed E-state index contributed by atoms with van der Waals surface area (Å²) in [4.78, 5) is 19.4. The second-order valence-electron chi connectivity index (χ2n) is 10.9. The lowest BCUT2D eigenvalue weighted by Gasteiger charge is -2.54. The summed E-state index contributed by atoms with van der Waals surface area (Å²) in [5.41, 5.74) is 3.90. The van der Waals surface area contributed by atoms with E-state index in [1.54, 1.807) is 6.33 Å². The Balaban J connectivity index is 1.38. The molecule has 2 aromatic heterocycles. The van der Waals surface area contributed by atoms with E-state index in [2.05, 4.69) is 23.8 Å². The molecule has 182 valence electrons. The average Bonchev–Trinajstić information content (AvgIpc) is 3.34. The first-order chi connectivity index (χ1) is 17.1. The molecule has 4 aliphatic rings. The van der Waals surface area contributed by atoms with Gasteiger partial charge in [0.25, 0.3) is 0 Å². The van der Waals surface area contributed by atoms with Crippen molar-refractivity contribution in [1.29, 1.82) is 0 Å². The van der Waals surface area contributed by atoms with Crippen molar-refractivity contribution in [3.8, 4) is 17.4 Å². The molecule has 1 aliphatic heterocycles. The molecule has 3 aromatic rings. The number of fused-ring (bicyclic) bond motifs is 4. The second kappa shape index (κ2) is 7.93. The maximum absolute atomic E-state index is 6.52. The van der Waals surface area contributed by atoms with Crippen LogP contribution >= 0.6 is 0 Å².